The summed E-state index contributed by atoms with van der Waals surface area (Å²) in [4.78, 5) is 12.3. The lowest BCUT2D eigenvalue weighted by Gasteiger charge is -2.13. The maximum Gasteiger partial charge on any atom is 0.251 e. The van der Waals surface area contributed by atoms with E-state index in [0.29, 0.717) is 5.56 Å². The molecule has 2 rings (SSSR count). The first kappa shape index (κ1) is 16.0. The number of hydrogen-bond acceptors (Lipinski definition) is 3. The van der Waals surface area contributed by atoms with Crippen molar-refractivity contribution in [1.82, 2.24) is 10.0 Å². The minimum Gasteiger partial charge on any atom is -0.350 e. The van der Waals surface area contributed by atoms with Crippen LogP contribution in [-0.4, -0.2) is 26.4 Å². The summed E-state index contributed by atoms with van der Waals surface area (Å²) in [5, 5.41) is 2.87. The molecule has 0 heterocycles. The predicted molar refractivity (Wildman–Crippen MR) is 81.6 cm³/mol. The minimum absolute atomic E-state index is 0.0528. The van der Waals surface area contributed by atoms with E-state index in [2.05, 4.69) is 17.0 Å². The largest absolute Gasteiger partial charge is 0.350 e. The highest BCUT2D eigenvalue weighted by molar-refractivity contribution is 7.89. The molecular formula is C15H22N2O3S. The van der Waals surface area contributed by atoms with Gasteiger partial charge in [-0.15, -0.1) is 0 Å². The van der Waals surface area contributed by atoms with Gasteiger partial charge in [-0.05, 0) is 44.4 Å². The number of nitrogens with one attached hydrogen (secondary N) is 2. The first-order valence-electron chi connectivity index (χ1n) is 7.35. The molecule has 1 aromatic carbocycles. The lowest BCUT2D eigenvalue weighted by Crippen LogP contribution is -2.32. The van der Waals surface area contributed by atoms with E-state index in [9.17, 15) is 13.2 Å². The summed E-state index contributed by atoms with van der Waals surface area (Å²) in [6, 6.07) is 6.30. The zero-order chi connectivity index (χ0) is 15.5. The average Bonchev–Trinajstić information content (AvgIpc) is 3.22. The fourth-order valence-electron chi connectivity index (χ4n) is 2.11. The lowest BCUT2D eigenvalue weighted by molar-refractivity contribution is 0.0938. The molecule has 1 amide bonds. The predicted octanol–water partition coefficient (Wildman–Crippen LogP) is 2.05. The van der Waals surface area contributed by atoms with Gasteiger partial charge in [-0.3, -0.25) is 4.79 Å². The molecular weight excluding hydrogens is 288 g/mol. The van der Waals surface area contributed by atoms with Crippen molar-refractivity contribution < 1.29 is 13.2 Å². The third-order valence-electron chi connectivity index (χ3n) is 3.40. The highest BCUT2D eigenvalue weighted by Crippen LogP contribution is 2.22. The Morgan fingerprint density at radius 1 is 1.38 bits per heavy atom. The maximum atomic E-state index is 12.1. The van der Waals surface area contributed by atoms with Crippen molar-refractivity contribution in [2.24, 2.45) is 0 Å². The smallest absolute Gasteiger partial charge is 0.251 e. The molecule has 1 fully saturated rings. The molecule has 1 aliphatic carbocycles. The minimum atomic E-state index is -3.52. The van der Waals surface area contributed by atoms with Gasteiger partial charge in [0.25, 0.3) is 5.91 Å². The molecule has 0 aliphatic heterocycles. The zero-order valence-electron chi connectivity index (χ0n) is 12.4. The van der Waals surface area contributed by atoms with Crippen molar-refractivity contribution >= 4 is 15.9 Å². The van der Waals surface area contributed by atoms with E-state index >= 15 is 0 Å². The number of rotatable bonds is 7. The molecule has 21 heavy (non-hydrogen) atoms. The molecule has 1 saturated carbocycles. The lowest BCUT2D eigenvalue weighted by atomic mass is 10.1. The first-order valence-corrected chi connectivity index (χ1v) is 8.84. The number of benzene rings is 1. The molecule has 1 atom stereocenters. The highest BCUT2D eigenvalue weighted by Gasteiger charge is 2.28. The van der Waals surface area contributed by atoms with E-state index in [0.717, 1.165) is 25.7 Å². The Hall–Kier alpha value is -1.40. The number of carbonyl (C=O) groups is 1. The summed E-state index contributed by atoms with van der Waals surface area (Å²) in [7, 11) is -3.52. The standard InChI is InChI=1S/C15H22N2O3S/c1-3-5-11(2)16-15(18)12-6-4-7-14(10-12)21(19,20)17-13-8-9-13/h4,6-7,10-11,13,17H,3,5,8-9H2,1-2H3,(H,16,18). The van der Waals surface area contributed by atoms with Gasteiger partial charge in [0.05, 0.1) is 4.90 Å². The second-order valence-electron chi connectivity index (χ2n) is 5.59. The van der Waals surface area contributed by atoms with Gasteiger partial charge >= 0.3 is 0 Å². The normalized spacial score (nSPS) is 16.5. The fraction of sp³-hybridized carbons (Fsp3) is 0.533. The summed E-state index contributed by atoms with van der Waals surface area (Å²) in [5.74, 6) is -0.237. The molecule has 0 saturated heterocycles. The Morgan fingerprint density at radius 3 is 2.71 bits per heavy atom. The van der Waals surface area contributed by atoms with Crippen LogP contribution in [0.3, 0.4) is 0 Å². The van der Waals surface area contributed by atoms with Crippen LogP contribution < -0.4 is 10.0 Å². The molecule has 1 unspecified atom stereocenters. The Morgan fingerprint density at radius 2 is 2.10 bits per heavy atom. The maximum absolute atomic E-state index is 12.1. The number of sulfonamides is 1. The van der Waals surface area contributed by atoms with Crippen LogP contribution in [0.15, 0.2) is 29.2 Å². The summed E-state index contributed by atoms with van der Waals surface area (Å²) >= 11 is 0. The number of hydrogen-bond donors (Lipinski definition) is 2. The zero-order valence-corrected chi connectivity index (χ0v) is 13.2. The Balaban J connectivity index is 2.11. The van der Waals surface area contributed by atoms with Gasteiger partial charge in [-0.1, -0.05) is 19.4 Å². The van der Waals surface area contributed by atoms with Crippen molar-refractivity contribution in [2.75, 3.05) is 0 Å². The van der Waals surface area contributed by atoms with Crippen LogP contribution in [0.25, 0.3) is 0 Å². The second-order valence-corrected chi connectivity index (χ2v) is 7.30. The topological polar surface area (TPSA) is 75.3 Å². The summed E-state index contributed by atoms with van der Waals surface area (Å²) in [6.07, 6.45) is 3.65. The average molecular weight is 310 g/mol. The quantitative estimate of drug-likeness (QED) is 0.809. The van der Waals surface area contributed by atoms with Crippen molar-refractivity contribution in [2.45, 2.75) is 56.5 Å². The van der Waals surface area contributed by atoms with Gasteiger partial charge in [0, 0.05) is 17.6 Å². The number of carbonyl (C=O) groups excluding carboxylic acids is 1. The van der Waals surface area contributed by atoms with Crippen molar-refractivity contribution in [3.63, 3.8) is 0 Å². The van der Waals surface area contributed by atoms with Crippen LogP contribution in [0.4, 0.5) is 0 Å². The van der Waals surface area contributed by atoms with Crippen LogP contribution in [0.5, 0.6) is 0 Å². The fourth-order valence-corrected chi connectivity index (χ4v) is 3.46. The molecule has 5 nitrogen and oxygen atoms in total. The molecule has 1 aromatic rings. The Bertz CT molecular complexity index is 609. The third-order valence-corrected chi connectivity index (χ3v) is 4.92. The van der Waals surface area contributed by atoms with Gasteiger partial charge in [-0.25, -0.2) is 13.1 Å². The van der Waals surface area contributed by atoms with Crippen LogP contribution in [0.1, 0.15) is 49.9 Å². The van der Waals surface area contributed by atoms with E-state index in [-0.39, 0.29) is 22.9 Å². The Kier molecular flexibility index (Phi) is 5.00. The van der Waals surface area contributed by atoms with Gasteiger partial charge in [0.2, 0.25) is 10.0 Å². The van der Waals surface area contributed by atoms with Crippen molar-refractivity contribution in [3.05, 3.63) is 29.8 Å². The molecule has 0 radical (unpaired) electrons. The Labute approximate surface area is 126 Å². The van der Waals surface area contributed by atoms with Crippen LogP contribution in [-0.2, 0) is 10.0 Å². The summed E-state index contributed by atoms with van der Waals surface area (Å²) in [5.41, 5.74) is 0.372. The number of amides is 1. The molecule has 0 aromatic heterocycles. The highest BCUT2D eigenvalue weighted by atomic mass is 32.2. The first-order chi connectivity index (χ1) is 9.92. The SMILES string of the molecule is CCCC(C)NC(=O)c1cccc(S(=O)(=O)NC2CC2)c1. The monoisotopic (exact) mass is 310 g/mol. The van der Waals surface area contributed by atoms with Crippen molar-refractivity contribution in [1.29, 1.82) is 0 Å². The van der Waals surface area contributed by atoms with E-state index in [1.807, 2.05) is 6.92 Å². The molecule has 2 N–H and O–H groups in total. The van der Waals surface area contributed by atoms with Crippen LogP contribution in [0.2, 0.25) is 0 Å². The molecule has 6 heteroatoms. The van der Waals surface area contributed by atoms with E-state index in [1.165, 1.54) is 12.1 Å². The van der Waals surface area contributed by atoms with Gasteiger partial charge < -0.3 is 5.32 Å². The molecule has 116 valence electrons. The summed E-state index contributed by atoms with van der Waals surface area (Å²) in [6.45, 7) is 4.00. The second kappa shape index (κ2) is 6.58. The van der Waals surface area contributed by atoms with Crippen LogP contribution >= 0.6 is 0 Å². The van der Waals surface area contributed by atoms with Gasteiger partial charge in [0.1, 0.15) is 0 Å². The van der Waals surface area contributed by atoms with Gasteiger partial charge in [-0.2, -0.15) is 0 Å². The van der Waals surface area contributed by atoms with E-state index < -0.39 is 10.0 Å². The van der Waals surface area contributed by atoms with E-state index in [4.69, 9.17) is 0 Å². The van der Waals surface area contributed by atoms with Crippen molar-refractivity contribution in [3.8, 4) is 0 Å². The molecule has 1 aliphatic rings. The van der Waals surface area contributed by atoms with Gasteiger partial charge in [0.15, 0.2) is 0 Å². The van der Waals surface area contributed by atoms with E-state index in [1.54, 1.807) is 12.1 Å². The molecule has 0 bridgehead atoms. The summed E-state index contributed by atoms with van der Waals surface area (Å²) < 4.78 is 26.9. The molecule has 0 spiro atoms. The third kappa shape index (κ3) is 4.54. The van der Waals surface area contributed by atoms with Crippen LogP contribution in [0, 0.1) is 0 Å².